The first-order chi connectivity index (χ1) is 12.7. The second-order valence-electron chi connectivity index (χ2n) is 7.23. The third kappa shape index (κ3) is 3.95. The van der Waals surface area contributed by atoms with Gasteiger partial charge in [-0.15, -0.1) is 0 Å². The summed E-state index contributed by atoms with van der Waals surface area (Å²) in [6, 6.07) is 10.6. The number of amides is 2. The van der Waals surface area contributed by atoms with E-state index in [0.717, 1.165) is 45.2 Å². The molecule has 6 nitrogen and oxygen atoms in total. The van der Waals surface area contributed by atoms with Crippen LogP contribution in [0.4, 0.5) is 6.01 Å². The molecule has 1 aromatic heterocycles. The van der Waals surface area contributed by atoms with E-state index in [1.54, 1.807) is 0 Å². The van der Waals surface area contributed by atoms with Crippen LogP contribution in [-0.4, -0.2) is 34.8 Å². The monoisotopic (exact) mass is 353 g/mol. The summed E-state index contributed by atoms with van der Waals surface area (Å²) in [6.45, 7) is 1.46. The van der Waals surface area contributed by atoms with Crippen molar-refractivity contribution < 1.29 is 14.0 Å². The van der Waals surface area contributed by atoms with Crippen LogP contribution in [0.3, 0.4) is 0 Å². The van der Waals surface area contributed by atoms with Crippen molar-refractivity contribution in [2.45, 2.75) is 32.1 Å². The Kier molecular flexibility index (Phi) is 4.73. The van der Waals surface area contributed by atoms with Crippen LogP contribution in [0.1, 0.15) is 41.7 Å². The van der Waals surface area contributed by atoms with E-state index in [2.05, 4.69) is 34.6 Å². The predicted molar refractivity (Wildman–Crippen MR) is 96.6 cm³/mol. The van der Waals surface area contributed by atoms with Crippen LogP contribution >= 0.6 is 0 Å². The van der Waals surface area contributed by atoms with Gasteiger partial charge in [0.05, 0.1) is 0 Å². The number of hydrogen-bond donors (Lipinski definition) is 1. The van der Waals surface area contributed by atoms with Gasteiger partial charge in [0.1, 0.15) is 6.26 Å². The topological polar surface area (TPSA) is 75.4 Å². The number of benzene rings is 1. The van der Waals surface area contributed by atoms with Crippen molar-refractivity contribution in [3.8, 4) is 0 Å². The van der Waals surface area contributed by atoms with Gasteiger partial charge in [0, 0.05) is 19.0 Å². The molecule has 0 bridgehead atoms. The predicted octanol–water partition coefficient (Wildman–Crippen LogP) is 3.12. The molecule has 1 aromatic carbocycles. The van der Waals surface area contributed by atoms with E-state index < -0.39 is 0 Å². The number of oxazole rings is 1. The summed E-state index contributed by atoms with van der Waals surface area (Å²) in [4.78, 5) is 30.3. The van der Waals surface area contributed by atoms with E-state index in [0.29, 0.717) is 5.92 Å². The van der Waals surface area contributed by atoms with E-state index in [-0.39, 0.29) is 29.4 Å². The molecule has 6 heteroatoms. The van der Waals surface area contributed by atoms with Crippen LogP contribution in [0.15, 0.2) is 41.0 Å². The highest BCUT2D eigenvalue weighted by Gasteiger charge is 2.31. The van der Waals surface area contributed by atoms with Gasteiger partial charge in [0.25, 0.3) is 5.91 Å². The maximum absolute atomic E-state index is 12.6. The first-order valence-electron chi connectivity index (χ1n) is 9.28. The van der Waals surface area contributed by atoms with Crippen molar-refractivity contribution in [1.82, 2.24) is 9.88 Å². The Bertz CT molecular complexity index is 775. The second-order valence-corrected chi connectivity index (χ2v) is 7.23. The lowest BCUT2D eigenvalue weighted by atomic mass is 9.90. The summed E-state index contributed by atoms with van der Waals surface area (Å²) in [5, 5.41) is 2.63. The van der Waals surface area contributed by atoms with Crippen molar-refractivity contribution in [2.24, 2.45) is 11.8 Å². The summed E-state index contributed by atoms with van der Waals surface area (Å²) < 4.78 is 5.23. The van der Waals surface area contributed by atoms with Gasteiger partial charge in [-0.25, -0.2) is 0 Å². The largest absolute Gasteiger partial charge is 0.431 e. The molecule has 2 fully saturated rings. The van der Waals surface area contributed by atoms with Crippen LogP contribution in [-0.2, 0) is 11.2 Å². The Hall–Kier alpha value is -2.63. The number of nitrogens with zero attached hydrogens (tertiary/aromatic N) is 2. The molecule has 0 spiro atoms. The summed E-state index contributed by atoms with van der Waals surface area (Å²) in [6.07, 6.45) is 6.20. The van der Waals surface area contributed by atoms with Crippen molar-refractivity contribution >= 4 is 17.8 Å². The number of nitrogens with one attached hydrogen (secondary N) is 1. The maximum atomic E-state index is 12.6. The van der Waals surface area contributed by atoms with Crippen LogP contribution in [0.5, 0.6) is 0 Å². The van der Waals surface area contributed by atoms with Gasteiger partial charge in [0.15, 0.2) is 5.69 Å². The third-order valence-corrected chi connectivity index (χ3v) is 5.17. The minimum absolute atomic E-state index is 0.0738. The molecular formula is C20H23N3O3. The molecule has 1 N–H and O–H groups in total. The van der Waals surface area contributed by atoms with Crippen molar-refractivity contribution in [2.75, 3.05) is 18.4 Å². The fraction of sp³-hybridized carbons (Fsp3) is 0.450. The number of hydrogen-bond acceptors (Lipinski definition) is 4. The van der Waals surface area contributed by atoms with Crippen LogP contribution in [0.25, 0.3) is 0 Å². The second kappa shape index (κ2) is 7.32. The summed E-state index contributed by atoms with van der Waals surface area (Å²) in [5.74, 6) is 0.475. The molecule has 2 aliphatic rings. The van der Waals surface area contributed by atoms with Crippen LogP contribution < -0.4 is 5.32 Å². The Morgan fingerprint density at radius 1 is 1.12 bits per heavy atom. The quantitative estimate of drug-likeness (QED) is 0.896. The summed E-state index contributed by atoms with van der Waals surface area (Å²) in [5.41, 5.74) is 1.61. The number of aromatic nitrogens is 1. The number of rotatable bonds is 5. The Labute approximate surface area is 152 Å². The van der Waals surface area contributed by atoms with E-state index in [1.807, 2.05) is 11.0 Å². The zero-order chi connectivity index (χ0) is 17.9. The molecule has 2 aromatic rings. The van der Waals surface area contributed by atoms with E-state index in [1.165, 1.54) is 11.8 Å². The fourth-order valence-corrected chi connectivity index (χ4v) is 3.43. The molecule has 4 rings (SSSR count). The first-order valence-corrected chi connectivity index (χ1v) is 9.28. The van der Waals surface area contributed by atoms with Gasteiger partial charge >= 0.3 is 6.01 Å². The smallest absolute Gasteiger partial charge is 0.302 e. The highest BCUT2D eigenvalue weighted by atomic mass is 16.4. The molecule has 136 valence electrons. The fourth-order valence-electron chi connectivity index (χ4n) is 3.43. The van der Waals surface area contributed by atoms with Gasteiger partial charge in [-0.2, -0.15) is 4.98 Å². The van der Waals surface area contributed by atoms with Gasteiger partial charge in [-0.1, -0.05) is 30.3 Å². The molecular weight excluding hydrogens is 330 g/mol. The molecule has 1 aliphatic carbocycles. The summed E-state index contributed by atoms with van der Waals surface area (Å²) in [7, 11) is 0. The van der Waals surface area contributed by atoms with Crippen molar-refractivity contribution in [3.05, 3.63) is 47.9 Å². The zero-order valence-corrected chi connectivity index (χ0v) is 14.7. The molecule has 1 aliphatic heterocycles. The molecule has 2 heterocycles. The molecule has 1 saturated heterocycles. The Balaban J connectivity index is 1.29. The first kappa shape index (κ1) is 16.8. The van der Waals surface area contributed by atoms with E-state index in [4.69, 9.17) is 4.42 Å². The number of anilines is 1. The minimum atomic E-state index is -0.126. The number of likely N-dealkylation sites (tertiary alicyclic amines) is 1. The lowest BCUT2D eigenvalue weighted by Gasteiger charge is -2.31. The van der Waals surface area contributed by atoms with E-state index >= 15 is 0 Å². The molecule has 1 saturated carbocycles. The minimum Gasteiger partial charge on any atom is -0.431 e. The van der Waals surface area contributed by atoms with Crippen molar-refractivity contribution in [1.29, 1.82) is 0 Å². The highest BCUT2D eigenvalue weighted by Crippen LogP contribution is 2.30. The number of carbonyl (C=O) groups excluding carboxylic acids is 2. The van der Waals surface area contributed by atoms with Gasteiger partial charge in [0.2, 0.25) is 5.91 Å². The average molecular weight is 353 g/mol. The normalized spacial score (nSPS) is 17.9. The molecule has 0 radical (unpaired) electrons. The molecule has 0 atom stereocenters. The van der Waals surface area contributed by atoms with Gasteiger partial charge in [-0.05, 0) is 43.6 Å². The Morgan fingerprint density at radius 2 is 1.85 bits per heavy atom. The van der Waals surface area contributed by atoms with E-state index in [9.17, 15) is 9.59 Å². The Morgan fingerprint density at radius 3 is 2.54 bits per heavy atom. The van der Waals surface area contributed by atoms with Gasteiger partial charge < -0.3 is 9.32 Å². The lowest BCUT2D eigenvalue weighted by Crippen LogP contribution is -2.39. The average Bonchev–Trinajstić information content (AvgIpc) is 3.42. The SMILES string of the molecule is O=C(Nc1nc(C(=O)N2CCC(Cc3ccccc3)CC2)co1)C1CC1. The lowest BCUT2D eigenvalue weighted by molar-refractivity contribution is -0.117. The number of piperidine rings is 1. The molecule has 26 heavy (non-hydrogen) atoms. The standard InChI is InChI=1S/C20H23N3O3/c24-18(16-6-7-16)22-20-21-17(13-26-20)19(25)23-10-8-15(9-11-23)12-14-4-2-1-3-5-14/h1-5,13,15-16H,6-12H2,(H,21,22,24). The van der Waals surface area contributed by atoms with Gasteiger partial charge in [-0.3, -0.25) is 14.9 Å². The third-order valence-electron chi connectivity index (χ3n) is 5.17. The number of carbonyl (C=O) groups is 2. The maximum Gasteiger partial charge on any atom is 0.302 e. The van der Waals surface area contributed by atoms with Crippen LogP contribution in [0.2, 0.25) is 0 Å². The van der Waals surface area contributed by atoms with Crippen LogP contribution in [0, 0.1) is 11.8 Å². The highest BCUT2D eigenvalue weighted by molar-refractivity contribution is 5.94. The van der Waals surface area contributed by atoms with Crippen molar-refractivity contribution in [3.63, 3.8) is 0 Å². The molecule has 2 amide bonds. The zero-order valence-electron chi connectivity index (χ0n) is 14.7. The molecule has 0 unspecified atom stereocenters. The summed E-state index contributed by atoms with van der Waals surface area (Å²) >= 11 is 0.